The molecular weight excluding hydrogens is 282 g/mol. The van der Waals surface area contributed by atoms with Crippen LogP contribution in [0.2, 0.25) is 0 Å². The first-order valence-electron chi connectivity index (χ1n) is 8.48. The highest BCUT2D eigenvalue weighted by atomic mass is 16.5. The maximum atomic E-state index is 6.35. The minimum atomic E-state index is 0.133. The molecule has 1 aliphatic heterocycles. The Kier molecular flexibility index (Phi) is 3.87. The maximum absolute atomic E-state index is 6.35. The highest BCUT2D eigenvalue weighted by Gasteiger charge is 2.36. The van der Waals surface area contributed by atoms with Crippen LogP contribution in [-0.2, 0) is 0 Å². The molecule has 0 spiro atoms. The standard InChI is InChI=1S/C21H27NO/c1-11(2)16-7-9-17(10-8-16)19-15(6)23-21-13(4)12(3)20(22)14(5)18(19)21/h7-11,15,19H,22H2,1-6H3/t15-,19-/m0/s1. The Balaban J connectivity index is 2.14. The summed E-state index contributed by atoms with van der Waals surface area (Å²) >= 11 is 0. The molecule has 0 saturated heterocycles. The number of fused-ring (bicyclic) bond motifs is 1. The minimum Gasteiger partial charge on any atom is -0.489 e. The lowest BCUT2D eigenvalue weighted by Crippen LogP contribution is -2.15. The van der Waals surface area contributed by atoms with Crippen LogP contribution in [0.4, 0.5) is 5.69 Å². The Bertz CT molecular complexity index is 744. The summed E-state index contributed by atoms with van der Waals surface area (Å²) in [4.78, 5) is 0. The monoisotopic (exact) mass is 309 g/mol. The van der Waals surface area contributed by atoms with Crippen molar-refractivity contribution >= 4 is 5.69 Å². The van der Waals surface area contributed by atoms with E-state index in [1.807, 2.05) is 0 Å². The quantitative estimate of drug-likeness (QED) is 0.771. The van der Waals surface area contributed by atoms with E-state index in [-0.39, 0.29) is 12.0 Å². The van der Waals surface area contributed by atoms with Crippen LogP contribution in [0.25, 0.3) is 0 Å². The topological polar surface area (TPSA) is 35.2 Å². The summed E-state index contributed by atoms with van der Waals surface area (Å²) < 4.78 is 6.24. The molecule has 2 atom stereocenters. The second kappa shape index (κ2) is 5.59. The van der Waals surface area contributed by atoms with Crippen LogP contribution in [0.15, 0.2) is 24.3 Å². The summed E-state index contributed by atoms with van der Waals surface area (Å²) in [5.41, 5.74) is 14.7. The second-order valence-electron chi connectivity index (χ2n) is 7.15. The van der Waals surface area contributed by atoms with Crippen molar-refractivity contribution in [2.75, 3.05) is 5.73 Å². The predicted molar refractivity (Wildman–Crippen MR) is 97.5 cm³/mol. The molecule has 0 aliphatic carbocycles. The summed E-state index contributed by atoms with van der Waals surface area (Å²) in [6.45, 7) is 12.9. The zero-order chi connectivity index (χ0) is 16.9. The summed E-state index contributed by atoms with van der Waals surface area (Å²) in [7, 11) is 0. The lowest BCUT2D eigenvalue weighted by atomic mass is 9.83. The Morgan fingerprint density at radius 3 is 2.13 bits per heavy atom. The van der Waals surface area contributed by atoms with Gasteiger partial charge in [-0.2, -0.15) is 0 Å². The zero-order valence-electron chi connectivity index (χ0n) is 15.0. The summed E-state index contributed by atoms with van der Waals surface area (Å²) in [6, 6.07) is 8.98. The van der Waals surface area contributed by atoms with Crippen molar-refractivity contribution in [1.82, 2.24) is 0 Å². The summed E-state index contributed by atoms with van der Waals surface area (Å²) in [6.07, 6.45) is 0.133. The van der Waals surface area contributed by atoms with Gasteiger partial charge in [-0.15, -0.1) is 0 Å². The fourth-order valence-corrected chi connectivity index (χ4v) is 3.71. The molecule has 2 N–H and O–H groups in total. The number of rotatable bonds is 2. The molecule has 1 heterocycles. The Labute approximate surface area is 139 Å². The lowest BCUT2D eigenvalue weighted by Gasteiger charge is -2.19. The van der Waals surface area contributed by atoms with Crippen LogP contribution in [0.5, 0.6) is 5.75 Å². The van der Waals surface area contributed by atoms with E-state index in [0.29, 0.717) is 5.92 Å². The molecule has 1 aliphatic rings. The third-order valence-corrected chi connectivity index (χ3v) is 5.41. The highest BCUT2D eigenvalue weighted by molar-refractivity contribution is 5.68. The second-order valence-corrected chi connectivity index (χ2v) is 7.15. The van der Waals surface area contributed by atoms with Crippen LogP contribution in [0, 0.1) is 20.8 Å². The van der Waals surface area contributed by atoms with Crippen molar-refractivity contribution in [2.45, 2.75) is 59.5 Å². The van der Waals surface area contributed by atoms with E-state index in [1.54, 1.807) is 0 Å². The number of anilines is 1. The molecule has 23 heavy (non-hydrogen) atoms. The molecular formula is C21H27NO. The van der Waals surface area contributed by atoms with Gasteiger partial charge in [-0.05, 0) is 61.4 Å². The van der Waals surface area contributed by atoms with E-state index in [1.165, 1.54) is 27.8 Å². The number of nitrogens with two attached hydrogens (primary N) is 1. The first-order chi connectivity index (χ1) is 10.8. The number of benzene rings is 2. The normalized spacial score (nSPS) is 19.8. The van der Waals surface area contributed by atoms with Gasteiger partial charge in [-0.1, -0.05) is 38.1 Å². The Hall–Kier alpha value is -1.96. The third kappa shape index (κ3) is 2.41. The first-order valence-corrected chi connectivity index (χ1v) is 8.48. The number of nitrogen functional groups attached to an aromatic ring is 1. The van der Waals surface area contributed by atoms with Crippen molar-refractivity contribution in [1.29, 1.82) is 0 Å². The van der Waals surface area contributed by atoms with Gasteiger partial charge in [-0.25, -0.2) is 0 Å². The van der Waals surface area contributed by atoms with Gasteiger partial charge in [0.15, 0.2) is 0 Å². The molecule has 2 heteroatoms. The molecule has 0 amide bonds. The van der Waals surface area contributed by atoms with Crippen molar-refractivity contribution in [3.05, 3.63) is 57.6 Å². The van der Waals surface area contributed by atoms with Gasteiger partial charge in [-0.3, -0.25) is 0 Å². The van der Waals surface area contributed by atoms with Crippen molar-refractivity contribution < 1.29 is 4.74 Å². The van der Waals surface area contributed by atoms with E-state index in [0.717, 1.165) is 17.0 Å². The average molecular weight is 309 g/mol. The van der Waals surface area contributed by atoms with Gasteiger partial charge in [0.2, 0.25) is 0 Å². The van der Waals surface area contributed by atoms with E-state index in [2.05, 4.69) is 65.8 Å². The lowest BCUT2D eigenvalue weighted by molar-refractivity contribution is 0.237. The van der Waals surface area contributed by atoms with Gasteiger partial charge in [0.25, 0.3) is 0 Å². The molecule has 0 bridgehead atoms. The fraction of sp³-hybridized carbons (Fsp3) is 0.429. The van der Waals surface area contributed by atoms with Gasteiger partial charge in [0.05, 0.1) is 0 Å². The molecule has 0 radical (unpaired) electrons. The van der Waals surface area contributed by atoms with Crippen LogP contribution < -0.4 is 10.5 Å². The van der Waals surface area contributed by atoms with Crippen LogP contribution >= 0.6 is 0 Å². The fourth-order valence-electron chi connectivity index (χ4n) is 3.71. The van der Waals surface area contributed by atoms with E-state index >= 15 is 0 Å². The largest absolute Gasteiger partial charge is 0.489 e. The molecule has 0 unspecified atom stereocenters. The van der Waals surface area contributed by atoms with Crippen molar-refractivity contribution in [2.24, 2.45) is 0 Å². The summed E-state index contributed by atoms with van der Waals surface area (Å²) in [5.74, 6) is 1.85. The van der Waals surface area contributed by atoms with E-state index < -0.39 is 0 Å². The number of hydrogen-bond donors (Lipinski definition) is 1. The minimum absolute atomic E-state index is 0.133. The van der Waals surface area contributed by atoms with E-state index in [4.69, 9.17) is 10.5 Å². The van der Waals surface area contributed by atoms with Crippen LogP contribution in [-0.4, -0.2) is 6.10 Å². The maximum Gasteiger partial charge on any atom is 0.127 e. The van der Waals surface area contributed by atoms with Crippen LogP contribution in [0.1, 0.15) is 66.0 Å². The zero-order valence-corrected chi connectivity index (χ0v) is 15.0. The van der Waals surface area contributed by atoms with Crippen molar-refractivity contribution in [3.8, 4) is 5.75 Å². The molecule has 0 saturated carbocycles. The van der Waals surface area contributed by atoms with Crippen LogP contribution in [0.3, 0.4) is 0 Å². The molecule has 0 fully saturated rings. The molecule has 2 nitrogen and oxygen atoms in total. The van der Waals surface area contributed by atoms with E-state index in [9.17, 15) is 0 Å². The molecule has 2 aromatic rings. The highest BCUT2D eigenvalue weighted by Crippen LogP contribution is 2.48. The van der Waals surface area contributed by atoms with Crippen molar-refractivity contribution in [3.63, 3.8) is 0 Å². The summed E-state index contributed by atoms with van der Waals surface area (Å²) in [5, 5.41) is 0. The Morgan fingerprint density at radius 1 is 0.957 bits per heavy atom. The smallest absolute Gasteiger partial charge is 0.127 e. The van der Waals surface area contributed by atoms with Gasteiger partial charge < -0.3 is 10.5 Å². The third-order valence-electron chi connectivity index (χ3n) is 5.41. The molecule has 0 aromatic heterocycles. The van der Waals surface area contributed by atoms with Gasteiger partial charge in [0, 0.05) is 17.2 Å². The first kappa shape index (κ1) is 15.9. The molecule has 2 aromatic carbocycles. The molecule has 3 rings (SSSR count). The number of hydrogen-bond acceptors (Lipinski definition) is 2. The SMILES string of the molecule is Cc1c(C)c2c(c(C)c1N)[C@H](c1ccc(C(C)C)cc1)[C@H](C)O2. The number of ether oxygens (including phenoxy) is 1. The van der Waals surface area contributed by atoms with Gasteiger partial charge >= 0.3 is 0 Å². The van der Waals surface area contributed by atoms with Gasteiger partial charge in [0.1, 0.15) is 11.9 Å². The average Bonchev–Trinajstić information content (AvgIpc) is 2.88. The predicted octanol–water partition coefficient (Wildman–Crippen LogP) is 5.23. The Morgan fingerprint density at radius 2 is 1.57 bits per heavy atom. The molecule has 122 valence electrons.